The quantitative estimate of drug-likeness (QED) is 0.401. The van der Waals surface area contributed by atoms with Gasteiger partial charge in [0.25, 0.3) is 0 Å². The topological polar surface area (TPSA) is 0 Å². The van der Waals surface area contributed by atoms with Crippen LogP contribution in [0.5, 0.6) is 0 Å². The van der Waals surface area contributed by atoms with Crippen molar-refractivity contribution in [2.75, 3.05) is 0 Å². The lowest BCUT2D eigenvalue weighted by molar-refractivity contribution is 1.07. The van der Waals surface area contributed by atoms with Crippen molar-refractivity contribution in [3.8, 4) is 0 Å². The molecule has 0 aliphatic carbocycles. The SMILES string of the molecule is CCC(P)Br. The lowest BCUT2D eigenvalue weighted by atomic mass is 10.6. The van der Waals surface area contributed by atoms with Gasteiger partial charge in [-0.15, -0.1) is 9.24 Å². The van der Waals surface area contributed by atoms with E-state index in [1.807, 2.05) is 0 Å². The first-order valence-corrected chi connectivity index (χ1v) is 3.25. The second-order valence-corrected chi connectivity index (χ2v) is 3.88. The van der Waals surface area contributed by atoms with Crippen molar-refractivity contribution in [1.82, 2.24) is 0 Å². The zero-order chi connectivity index (χ0) is 4.28. The van der Waals surface area contributed by atoms with Gasteiger partial charge in [-0.05, 0) is 6.42 Å². The molecule has 0 aliphatic heterocycles. The molecule has 0 amide bonds. The Morgan fingerprint density at radius 1 is 2.00 bits per heavy atom. The molecule has 0 bridgehead atoms. The first kappa shape index (κ1) is 5.91. The van der Waals surface area contributed by atoms with Crippen LogP contribution in [0.1, 0.15) is 13.3 Å². The van der Waals surface area contributed by atoms with Gasteiger partial charge in [0.05, 0.1) is 0 Å². The van der Waals surface area contributed by atoms with Gasteiger partial charge in [0.2, 0.25) is 0 Å². The Bertz CT molecular complexity index is 20.9. The lowest BCUT2D eigenvalue weighted by Gasteiger charge is -1.88. The maximum Gasteiger partial charge on any atom is 0.0286 e. The van der Waals surface area contributed by atoms with Crippen LogP contribution in [0.3, 0.4) is 0 Å². The molecule has 0 aromatic heterocycles. The summed E-state index contributed by atoms with van der Waals surface area (Å²) in [6.45, 7) is 2.13. The molecule has 0 nitrogen and oxygen atoms in total. The summed E-state index contributed by atoms with van der Waals surface area (Å²) in [5.41, 5.74) is 0. The fourth-order valence-corrected chi connectivity index (χ4v) is 0. The number of rotatable bonds is 1. The molecular weight excluding hydrogens is 147 g/mol. The van der Waals surface area contributed by atoms with Crippen molar-refractivity contribution in [3.63, 3.8) is 0 Å². The van der Waals surface area contributed by atoms with Crippen LogP contribution in [-0.4, -0.2) is 4.57 Å². The van der Waals surface area contributed by atoms with Crippen LogP contribution in [0.2, 0.25) is 0 Å². The molecule has 0 aliphatic rings. The van der Waals surface area contributed by atoms with E-state index in [0.717, 1.165) is 0 Å². The monoisotopic (exact) mass is 154 g/mol. The third-order valence-corrected chi connectivity index (χ3v) is 1.51. The Balaban J connectivity index is 2.54. The van der Waals surface area contributed by atoms with Crippen LogP contribution >= 0.6 is 25.2 Å². The summed E-state index contributed by atoms with van der Waals surface area (Å²) in [7, 11) is 2.65. The minimum absolute atomic E-state index is 0.613. The zero-order valence-corrected chi connectivity index (χ0v) is 5.98. The Kier molecular flexibility index (Phi) is 3.68. The normalized spacial score (nSPS) is 15.0. The Hall–Kier alpha value is 0.910. The van der Waals surface area contributed by atoms with Gasteiger partial charge in [-0.25, -0.2) is 0 Å². The molecule has 0 aromatic rings. The zero-order valence-electron chi connectivity index (χ0n) is 3.24. The van der Waals surface area contributed by atoms with Crippen molar-refractivity contribution >= 4 is 25.2 Å². The average Bonchev–Trinajstić information content (AvgIpc) is 1.38. The van der Waals surface area contributed by atoms with Gasteiger partial charge in [0, 0.05) is 4.57 Å². The average molecular weight is 155 g/mol. The van der Waals surface area contributed by atoms with Crippen molar-refractivity contribution in [1.29, 1.82) is 0 Å². The van der Waals surface area contributed by atoms with Gasteiger partial charge in [0.1, 0.15) is 0 Å². The lowest BCUT2D eigenvalue weighted by Crippen LogP contribution is -1.73. The molecule has 0 heterocycles. The minimum Gasteiger partial charge on any atom is -0.123 e. The molecule has 0 fully saturated rings. The van der Waals surface area contributed by atoms with Crippen molar-refractivity contribution in [2.24, 2.45) is 0 Å². The molecule has 2 heteroatoms. The van der Waals surface area contributed by atoms with E-state index >= 15 is 0 Å². The Morgan fingerprint density at radius 2 is 2.20 bits per heavy atom. The van der Waals surface area contributed by atoms with E-state index in [4.69, 9.17) is 0 Å². The van der Waals surface area contributed by atoms with E-state index in [1.54, 1.807) is 0 Å². The van der Waals surface area contributed by atoms with E-state index in [0.29, 0.717) is 4.57 Å². The molecule has 0 radical (unpaired) electrons. The fraction of sp³-hybridized carbons (Fsp3) is 1.00. The van der Waals surface area contributed by atoms with Gasteiger partial charge in [-0.1, -0.05) is 22.9 Å². The molecule has 0 aromatic carbocycles. The largest absolute Gasteiger partial charge is 0.123 e. The number of hydrogen-bond donors (Lipinski definition) is 0. The van der Waals surface area contributed by atoms with E-state index in [1.165, 1.54) is 6.42 Å². The number of alkyl halides is 1. The molecule has 2 atom stereocenters. The fourth-order valence-electron chi connectivity index (χ4n) is 0. The van der Waals surface area contributed by atoms with Crippen LogP contribution in [0, 0.1) is 0 Å². The molecule has 0 rings (SSSR count). The van der Waals surface area contributed by atoms with Crippen LogP contribution in [0.15, 0.2) is 0 Å². The van der Waals surface area contributed by atoms with Gasteiger partial charge in [-0.2, -0.15) is 0 Å². The molecule has 5 heavy (non-hydrogen) atoms. The molecule has 0 N–H and O–H groups in total. The summed E-state index contributed by atoms with van der Waals surface area (Å²) in [5, 5.41) is 0. The summed E-state index contributed by atoms with van der Waals surface area (Å²) in [5.74, 6) is 0. The molecule has 0 saturated heterocycles. The highest BCUT2D eigenvalue weighted by Gasteiger charge is 1.82. The van der Waals surface area contributed by atoms with E-state index in [-0.39, 0.29) is 0 Å². The minimum atomic E-state index is 0.613. The Morgan fingerprint density at radius 3 is 2.20 bits per heavy atom. The van der Waals surface area contributed by atoms with Gasteiger partial charge >= 0.3 is 0 Å². The predicted molar refractivity (Wildman–Crippen MR) is 32.7 cm³/mol. The highest BCUT2D eigenvalue weighted by atomic mass is 79.9. The van der Waals surface area contributed by atoms with Gasteiger partial charge < -0.3 is 0 Å². The standard InChI is InChI=1S/C3H8BrP/c1-2-3(4)5/h3H,2,5H2,1H3. The summed E-state index contributed by atoms with van der Waals surface area (Å²) in [4.78, 5) is 0. The third kappa shape index (κ3) is 4.91. The van der Waals surface area contributed by atoms with Crippen LogP contribution in [0.25, 0.3) is 0 Å². The van der Waals surface area contributed by atoms with E-state index in [9.17, 15) is 0 Å². The van der Waals surface area contributed by atoms with Crippen molar-refractivity contribution < 1.29 is 0 Å². The van der Waals surface area contributed by atoms with Crippen molar-refractivity contribution in [2.45, 2.75) is 17.9 Å². The predicted octanol–water partition coefficient (Wildman–Crippen LogP) is 1.99. The number of hydrogen-bond acceptors (Lipinski definition) is 0. The molecule has 2 unspecified atom stereocenters. The molecular formula is C3H8BrP. The molecule has 0 spiro atoms. The smallest absolute Gasteiger partial charge is 0.0286 e. The second kappa shape index (κ2) is 3.11. The summed E-state index contributed by atoms with van der Waals surface area (Å²) in [6, 6.07) is 0. The summed E-state index contributed by atoms with van der Waals surface area (Å²) >= 11 is 3.34. The highest BCUT2D eigenvalue weighted by Crippen LogP contribution is 2.10. The van der Waals surface area contributed by atoms with Crippen molar-refractivity contribution in [3.05, 3.63) is 0 Å². The highest BCUT2D eigenvalue weighted by molar-refractivity contribution is 9.10. The first-order valence-electron chi connectivity index (χ1n) is 1.67. The maximum absolute atomic E-state index is 3.34. The summed E-state index contributed by atoms with van der Waals surface area (Å²) in [6.07, 6.45) is 1.19. The first-order chi connectivity index (χ1) is 2.27. The second-order valence-electron chi connectivity index (χ2n) is 0.924. The molecule has 0 saturated carbocycles. The van der Waals surface area contributed by atoms with E-state index in [2.05, 4.69) is 32.1 Å². The van der Waals surface area contributed by atoms with E-state index < -0.39 is 0 Å². The van der Waals surface area contributed by atoms with Crippen LogP contribution in [0.4, 0.5) is 0 Å². The Labute approximate surface area is 43.7 Å². The molecule has 32 valence electrons. The number of halogens is 1. The van der Waals surface area contributed by atoms with Gasteiger partial charge in [0.15, 0.2) is 0 Å². The van der Waals surface area contributed by atoms with Crippen LogP contribution in [-0.2, 0) is 0 Å². The van der Waals surface area contributed by atoms with Gasteiger partial charge in [-0.3, -0.25) is 0 Å². The summed E-state index contributed by atoms with van der Waals surface area (Å²) < 4.78 is 0.613. The third-order valence-electron chi connectivity index (χ3n) is 0.390. The maximum atomic E-state index is 3.34. The van der Waals surface area contributed by atoms with Crippen LogP contribution < -0.4 is 0 Å².